The molecule has 0 saturated carbocycles. The number of nitrogen functional groups attached to an aromatic ring is 1. The summed E-state index contributed by atoms with van der Waals surface area (Å²) in [5.74, 6) is 0.323. The molecule has 0 aromatic carbocycles. The second-order valence-corrected chi connectivity index (χ2v) is 2.59. The van der Waals surface area contributed by atoms with E-state index >= 15 is 0 Å². The van der Waals surface area contributed by atoms with Crippen molar-refractivity contribution in [2.24, 2.45) is 0 Å². The van der Waals surface area contributed by atoms with E-state index in [1.165, 1.54) is 12.3 Å². The highest BCUT2D eigenvalue weighted by molar-refractivity contribution is 5.37. The molecule has 0 bridgehead atoms. The van der Waals surface area contributed by atoms with Crippen LogP contribution in [0.3, 0.4) is 0 Å². The molecule has 14 heavy (non-hydrogen) atoms. The summed E-state index contributed by atoms with van der Waals surface area (Å²) in [6.07, 6.45) is -3.69. The SMILES string of the molecule is Nc1nccc(NCCC(F)(F)F)n1. The van der Waals surface area contributed by atoms with E-state index in [2.05, 4.69) is 15.3 Å². The standard InChI is InChI=1S/C7H9F3N4/c8-7(9,10)2-4-12-5-1-3-13-6(11)14-5/h1,3H,2,4H2,(H3,11,12,13,14). The fourth-order valence-electron chi connectivity index (χ4n) is 0.805. The zero-order valence-electron chi connectivity index (χ0n) is 7.17. The second-order valence-electron chi connectivity index (χ2n) is 2.59. The Kier molecular flexibility index (Phi) is 3.10. The molecule has 0 amide bonds. The number of rotatable bonds is 3. The van der Waals surface area contributed by atoms with Gasteiger partial charge in [-0.25, -0.2) is 4.98 Å². The Morgan fingerprint density at radius 2 is 2.14 bits per heavy atom. The molecule has 0 atom stereocenters. The van der Waals surface area contributed by atoms with Crippen LogP contribution in [0.1, 0.15) is 6.42 Å². The quantitative estimate of drug-likeness (QED) is 0.785. The van der Waals surface area contributed by atoms with Gasteiger partial charge in [0, 0.05) is 12.7 Å². The van der Waals surface area contributed by atoms with Crippen molar-refractivity contribution in [1.29, 1.82) is 0 Å². The van der Waals surface area contributed by atoms with Crippen molar-refractivity contribution in [3.05, 3.63) is 12.3 Å². The second kappa shape index (κ2) is 4.12. The minimum atomic E-state index is -4.16. The number of hydrogen-bond donors (Lipinski definition) is 2. The molecular weight excluding hydrogens is 197 g/mol. The Balaban J connectivity index is 2.39. The van der Waals surface area contributed by atoms with Gasteiger partial charge in [-0.3, -0.25) is 0 Å². The lowest BCUT2D eigenvalue weighted by molar-refractivity contribution is -0.131. The van der Waals surface area contributed by atoms with Gasteiger partial charge in [0.05, 0.1) is 6.42 Å². The predicted octanol–water partition coefficient (Wildman–Crippen LogP) is 1.42. The molecule has 3 N–H and O–H groups in total. The Morgan fingerprint density at radius 1 is 1.43 bits per heavy atom. The lowest BCUT2D eigenvalue weighted by atomic mass is 10.4. The Labute approximate surface area is 78.4 Å². The van der Waals surface area contributed by atoms with Gasteiger partial charge in [-0.2, -0.15) is 18.2 Å². The number of nitrogens with two attached hydrogens (primary N) is 1. The van der Waals surface area contributed by atoms with Crippen molar-refractivity contribution in [2.45, 2.75) is 12.6 Å². The van der Waals surface area contributed by atoms with E-state index in [4.69, 9.17) is 5.73 Å². The van der Waals surface area contributed by atoms with Gasteiger partial charge >= 0.3 is 6.18 Å². The lowest BCUT2D eigenvalue weighted by Gasteiger charge is -2.07. The lowest BCUT2D eigenvalue weighted by Crippen LogP contribution is -2.15. The molecule has 1 aromatic rings. The number of aromatic nitrogens is 2. The summed E-state index contributed by atoms with van der Waals surface area (Å²) >= 11 is 0. The van der Waals surface area contributed by atoms with E-state index in [1.54, 1.807) is 0 Å². The molecule has 0 spiro atoms. The molecule has 1 rings (SSSR count). The molecular formula is C7H9F3N4. The predicted molar refractivity (Wildman–Crippen MR) is 45.6 cm³/mol. The highest BCUT2D eigenvalue weighted by Crippen LogP contribution is 2.19. The minimum Gasteiger partial charge on any atom is -0.370 e. The average molecular weight is 206 g/mol. The van der Waals surface area contributed by atoms with Crippen molar-refractivity contribution < 1.29 is 13.2 Å². The zero-order chi connectivity index (χ0) is 10.6. The number of nitrogens with zero attached hydrogens (tertiary/aromatic N) is 2. The first-order chi connectivity index (χ1) is 6.47. The third kappa shape index (κ3) is 3.92. The van der Waals surface area contributed by atoms with Crippen molar-refractivity contribution >= 4 is 11.8 Å². The monoisotopic (exact) mass is 206 g/mol. The highest BCUT2D eigenvalue weighted by atomic mass is 19.4. The van der Waals surface area contributed by atoms with Crippen molar-refractivity contribution in [2.75, 3.05) is 17.6 Å². The molecule has 0 radical (unpaired) electrons. The summed E-state index contributed by atoms with van der Waals surface area (Å²) in [6, 6.07) is 1.45. The molecule has 0 unspecified atom stereocenters. The van der Waals surface area contributed by atoms with E-state index in [0.717, 1.165) is 0 Å². The van der Waals surface area contributed by atoms with Crippen LogP contribution in [0.15, 0.2) is 12.3 Å². The molecule has 0 fully saturated rings. The third-order valence-electron chi connectivity index (χ3n) is 1.39. The first-order valence-electron chi connectivity index (χ1n) is 3.86. The molecule has 1 aromatic heterocycles. The number of anilines is 2. The van der Waals surface area contributed by atoms with Crippen molar-refractivity contribution in [1.82, 2.24) is 9.97 Å². The fraction of sp³-hybridized carbons (Fsp3) is 0.429. The molecule has 1 heterocycles. The van der Waals surface area contributed by atoms with Crippen LogP contribution in [0.5, 0.6) is 0 Å². The van der Waals surface area contributed by atoms with Gasteiger partial charge in [0.25, 0.3) is 0 Å². The van der Waals surface area contributed by atoms with Gasteiger partial charge in [-0.1, -0.05) is 0 Å². The molecule has 0 aliphatic heterocycles. The zero-order valence-corrected chi connectivity index (χ0v) is 7.17. The van der Waals surface area contributed by atoms with Crippen LogP contribution < -0.4 is 11.1 Å². The maximum atomic E-state index is 11.7. The normalized spacial score (nSPS) is 11.4. The van der Waals surface area contributed by atoms with Crippen molar-refractivity contribution in [3.63, 3.8) is 0 Å². The molecule has 78 valence electrons. The maximum absolute atomic E-state index is 11.7. The van der Waals surface area contributed by atoms with Gasteiger partial charge in [0.1, 0.15) is 5.82 Å². The summed E-state index contributed by atoms with van der Waals surface area (Å²) in [5.41, 5.74) is 5.23. The number of nitrogens with one attached hydrogen (secondary N) is 1. The summed E-state index contributed by atoms with van der Waals surface area (Å²) in [5, 5.41) is 2.49. The maximum Gasteiger partial charge on any atom is 0.390 e. The number of hydrogen-bond acceptors (Lipinski definition) is 4. The average Bonchev–Trinajstić information content (AvgIpc) is 2.01. The van der Waals surface area contributed by atoms with Crippen LogP contribution in [0.25, 0.3) is 0 Å². The van der Waals surface area contributed by atoms with E-state index in [1.807, 2.05) is 0 Å². The fourth-order valence-corrected chi connectivity index (χ4v) is 0.805. The van der Waals surface area contributed by atoms with E-state index in [9.17, 15) is 13.2 Å². The Hall–Kier alpha value is -1.53. The molecule has 4 nitrogen and oxygen atoms in total. The van der Waals surface area contributed by atoms with Gasteiger partial charge in [0.2, 0.25) is 5.95 Å². The smallest absolute Gasteiger partial charge is 0.370 e. The molecule has 0 aliphatic rings. The van der Waals surface area contributed by atoms with E-state index in [0.29, 0.717) is 5.82 Å². The van der Waals surface area contributed by atoms with E-state index in [-0.39, 0.29) is 12.5 Å². The van der Waals surface area contributed by atoms with Crippen LogP contribution in [-0.2, 0) is 0 Å². The van der Waals surface area contributed by atoms with Gasteiger partial charge < -0.3 is 11.1 Å². The number of halogens is 3. The van der Waals surface area contributed by atoms with E-state index < -0.39 is 12.6 Å². The summed E-state index contributed by atoms with van der Waals surface area (Å²) in [6.45, 7) is -0.222. The molecule has 0 saturated heterocycles. The van der Waals surface area contributed by atoms with Crippen LogP contribution in [0.4, 0.5) is 24.9 Å². The summed E-state index contributed by atoms with van der Waals surface area (Å²) in [7, 11) is 0. The molecule has 0 aliphatic carbocycles. The minimum absolute atomic E-state index is 0.0296. The van der Waals surface area contributed by atoms with Crippen LogP contribution in [-0.4, -0.2) is 22.7 Å². The van der Waals surface area contributed by atoms with Gasteiger partial charge in [-0.05, 0) is 6.07 Å². The Bertz CT molecular complexity index is 299. The summed E-state index contributed by atoms with van der Waals surface area (Å²) in [4.78, 5) is 7.28. The van der Waals surface area contributed by atoms with Crippen molar-refractivity contribution in [3.8, 4) is 0 Å². The third-order valence-corrected chi connectivity index (χ3v) is 1.39. The van der Waals surface area contributed by atoms with Crippen LogP contribution in [0, 0.1) is 0 Å². The summed E-state index contributed by atoms with van der Waals surface area (Å²) < 4.78 is 35.2. The topological polar surface area (TPSA) is 63.8 Å². The largest absolute Gasteiger partial charge is 0.390 e. The van der Waals surface area contributed by atoms with Crippen LogP contribution in [0.2, 0.25) is 0 Å². The Morgan fingerprint density at radius 3 is 2.71 bits per heavy atom. The van der Waals surface area contributed by atoms with Gasteiger partial charge in [0.15, 0.2) is 0 Å². The van der Waals surface area contributed by atoms with Crippen LogP contribution >= 0.6 is 0 Å². The molecule has 7 heteroatoms. The first-order valence-corrected chi connectivity index (χ1v) is 3.86. The van der Waals surface area contributed by atoms with Gasteiger partial charge in [-0.15, -0.1) is 0 Å². The number of alkyl halides is 3. The first kappa shape index (κ1) is 10.6. The highest BCUT2D eigenvalue weighted by Gasteiger charge is 2.26.